The smallest absolute Gasteiger partial charge is 0.123 e. The number of benzene rings is 2. The number of rotatable bonds is 3. The van der Waals surface area contributed by atoms with Crippen LogP contribution in [0.15, 0.2) is 48.5 Å². The van der Waals surface area contributed by atoms with Gasteiger partial charge in [-0.05, 0) is 35.2 Å². The van der Waals surface area contributed by atoms with E-state index in [1.807, 2.05) is 12.1 Å². The van der Waals surface area contributed by atoms with Gasteiger partial charge in [0.1, 0.15) is 11.9 Å². The minimum Gasteiger partial charge on any atom is -0.371 e. The number of nitrogens with one attached hydrogen (secondary N) is 1. The summed E-state index contributed by atoms with van der Waals surface area (Å²) in [7, 11) is 0. The lowest BCUT2D eigenvalue weighted by Crippen LogP contribution is -2.35. The molecule has 0 amide bonds. The van der Waals surface area contributed by atoms with Crippen molar-refractivity contribution >= 4 is 0 Å². The van der Waals surface area contributed by atoms with Crippen molar-refractivity contribution in [2.45, 2.75) is 18.6 Å². The highest BCUT2D eigenvalue weighted by molar-refractivity contribution is 5.34. The molecule has 3 rings (SSSR count). The largest absolute Gasteiger partial charge is 0.371 e. The molecule has 3 nitrogen and oxygen atoms in total. The minimum atomic E-state index is -0.255. The van der Waals surface area contributed by atoms with Gasteiger partial charge >= 0.3 is 0 Å². The molecule has 0 radical (unpaired) electrons. The standard InChI is InChI=1S/C16H17FN2O/c17-13-7-5-12(6-8-13)15(19-18)16-14-4-2-1-3-11(14)9-10-20-16/h1-8,15-16,19H,9-10,18H2. The summed E-state index contributed by atoms with van der Waals surface area (Å²) in [6, 6.07) is 14.4. The Morgan fingerprint density at radius 3 is 2.65 bits per heavy atom. The molecule has 0 bridgehead atoms. The summed E-state index contributed by atoms with van der Waals surface area (Å²) in [4.78, 5) is 0. The van der Waals surface area contributed by atoms with E-state index in [-0.39, 0.29) is 18.0 Å². The normalized spacial score (nSPS) is 19.4. The molecule has 4 heteroatoms. The van der Waals surface area contributed by atoms with Gasteiger partial charge in [-0.3, -0.25) is 11.3 Å². The van der Waals surface area contributed by atoms with Crippen LogP contribution >= 0.6 is 0 Å². The maximum Gasteiger partial charge on any atom is 0.123 e. The highest BCUT2D eigenvalue weighted by Gasteiger charge is 2.29. The van der Waals surface area contributed by atoms with Crippen LogP contribution in [0.5, 0.6) is 0 Å². The number of halogens is 1. The average Bonchev–Trinajstić information content (AvgIpc) is 2.50. The first-order valence-corrected chi connectivity index (χ1v) is 6.70. The molecule has 20 heavy (non-hydrogen) atoms. The third kappa shape index (κ3) is 2.45. The second-order valence-corrected chi connectivity index (χ2v) is 4.94. The van der Waals surface area contributed by atoms with Crippen molar-refractivity contribution in [1.29, 1.82) is 0 Å². The van der Waals surface area contributed by atoms with Crippen LogP contribution in [-0.4, -0.2) is 6.61 Å². The molecule has 3 N–H and O–H groups in total. The summed E-state index contributed by atoms with van der Waals surface area (Å²) in [5, 5.41) is 0. The van der Waals surface area contributed by atoms with Crippen molar-refractivity contribution in [3.05, 3.63) is 71.0 Å². The van der Waals surface area contributed by atoms with Crippen molar-refractivity contribution < 1.29 is 9.13 Å². The predicted octanol–water partition coefficient (Wildman–Crippen LogP) is 2.64. The number of nitrogens with two attached hydrogens (primary N) is 1. The zero-order valence-electron chi connectivity index (χ0n) is 11.1. The van der Waals surface area contributed by atoms with E-state index in [9.17, 15) is 4.39 Å². The Labute approximate surface area is 117 Å². The lowest BCUT2D eigenvalue weighted by atomic mass is 9.90. The topological polar surface area (TPSA) is 47.3 Å². The Hall–Kier alpha value is -1.75. The van der Waals surface area contributed by atoms with Crippen LogP contribution in [0.1, 0.15) is 28.8 Å². The highest BCUT2D eigenvalue weighted by Crippen LogP contribution is 2.36. The van der Waals surface area contributed by atoms with E-state index < -0.39 is 0 Å². The van der Waals surface area contributed by atoms with E-state index in [1.165, 1.54) is 17.7 Å². The summed E-state index contributed by atoms with van der Waals surface area (Å²) in [6.45, 7) is 0.668. The molecule has 1 aliphatic heterocycles. The van der Waals surface area contributed by atoms with E-state index in [2.05, 4.69) is 17.6 Å². The van der Waals surface area contributed by atoms with Crippen LogP contribution in [0, 0.1) is 5.82 Å². The zero-order valence-corrected chi connectivity index (χ0v) is 11.1. The van der Waals surface area contributed by atoms with Crippen molar-refractivity contribution in [2.75, 3.05) is 6.61 Å². The summed E-state index contributed by atoms with van der Waals surface area (Å²) in [5.74, 6) is 5.45. The van der Waals surface area contributed by atoms with Gasteiger partial charge in [0.15, 0.2) is 0 Å². The first-order chi connectivity index (χ1) is 9.79. The van der Waals surface area contributed by atoms with E-state index in [0.717, 1.165) is 17.5 Å². The fourth-order valence-electron chi connectivity index (χ4n) is 2.73. The fourth-order valence-corrected chi connectivity index (χ4v) is 2.73. The maximum absolute atomic E-state index is 13.1. The van der Waals surface area contributed by atoms with Gasteiger partial charge in [-0.2, -0.15) is 0 Å². The number of ether oxygens (including phenoxy) is 1. The SMILES string of the molecule is NNC(c1ccc(F)cc1)C1OCCc2ccccc21. The first kappa shape index (κ1) is 13.2. The molecule has 0 spiro atoms. The molecule has 2 aromatic carbocycles. The van der Waals surface area contributed by atoms with Crippen molar-refractivity contribution in [3.8, 4) is 0 Å². The van der Waals surface area contributed by atoms with Crippen LogP contribution < -0.4 is 11.3 Å². The summed E-state index contributed by atoms with van der Waals surface area (Å²) in [6.07, 6.45) is 0.753. The average molecular weight is 272 g/mol. The fraction of sp³-hybridized carbons (Fsp3) is 0.250. The molecule has 2 unspecified atom stereocenters. The molecule has 2 atom stereocenters. The van der Waals surface area contributed by atoms with Crippen LogP contribution in [0.2, 0.25) is 0 Å². The number of hydrazine groups is 1. The lowest BCUT2D eigenvalue weighted by molar-refractivity contribution is 0.0147. The summed E-state index contributed by atoms with van der Waals surface area (Å²) < 4.78 is 19.0. The molecule has 1 heterocycles. The third-order valence-corrected chi connectivity index (χ3v) is 3.74. The van der Waals surface area contributed by atoms with E-state index in [0.29, 0.717) is 6.61 Å². The molecule has 0 aliphatic carbocycles. The van der Waals surface area contributed by atoms with E-state index >= 15 is 0 Å². The Morgan fingerprint density at radius 2 is 1.90 bits per heavy atom. The predicted molar refractivity (Wildman–Crippen MR) is 75.3 cm³/mol. The quantitative estimate of drug-likeness (QED) is 0.667. The molecular weight excluding hydrogens is 255 g/mol. The van der Waals surface area contributed by atoms with Gasteiger partial charge in [0.25, 0.3) is 0 Å². The van der Waals surface area contributed by atoms with Crippen molar-refractivity contribution in [1.82, 2.24) is 5.43 Å². The summed E-state index contributed by atoms with van der Waals surface area (Å²) in [5.41, 5.74) is 6.14. The number of fused-ring (bicyclic) bond motifs is 1. The van der Waals surface area contributed by atoms with Gasteiger partial charge < -0.3 is 4.74 Å². The molecule has 104 valence electrons. The second kappa shape index (κ2) is 5.71. The number of hydrogen-bond donors (Lipinski definition) is 2. The van der Waals surface area contributed by atoms with Gasteiger partial charge in [-0.15, -0.1) is 0 Å². The zero-order chi connectivity index (χ0) is 13.9. The highest BCUT2D eigenvalue weighted by atomic mass is 19.1. The minimum absolute atomic E-state index is 0.157. The van der Waals surface area contributed by atoms with E-state index in [1.54, 1.807) is 12.1 Å². The molecule has 1 aliphatic rings. The Bertz CT molecular complexity index is 585. The molecule has 2 aromatic rings. The third-order valence-electron chi connectivity index (χ3n) is 3.74. The number of hydrogen-bond acceptors (Lipinski definition) is 3. The van der Waals surface area contributed by atoms with Crippen LogP contribution in [0.3, 0.4) is 0 Å². The summed E-state index contributed by atoms with van der Waals surface area (Å²) >= 11 is 0. The maximum atomic E-state index is 13.1. The van der Waals surface area contributed by atoms with Gasteiger partial charge in [-0.1, -0.05) is 36.4 Å². The molecule has 0 aromatic heterocycles. The monoisotopic (exact) mass is 272 g/mol. The first-order valence-electron chi connectivity index (χ1n) is 6.70. The van der Waals surface area contributed by atoms with Crippen molar-refractivity contribution in [2.24, 2.45) is 5.84 Å². The van der Waals surface area contributed by atoms with Gasteiger partial charge in [0.2, 0.25) is 0 Å². The van der Waals surface area contributed by atoms with Crippen LogP contribution in [0.4, 0.5) is 4.39 Å². The van der Waals surface area contributed by atoms with E-state index in [4.69, 9.17) is 10.6 Å². The lowest BCUT2D eigenvalue weighted by Gasteiger charge is -2.32. The Kier molecular flexibility index (Phi) is 3.78. The van der Waals surface area contributed by atoms with Crippen LogP contribution in [-0.2, 0) is 11.2 Å². The van der Waals surface area contributed by atoms with Gasteiger partial charge in [0, 0.05) is 0 Å². The van der Waals surface area contributed by atoms with Crippen LogP contribution in [0.25, 0.3) is 0 Å². The van der Waals surface area contributed by atoms with Gasteiger partial charge in [0.05, 0.1) is 12.6 Å². The Balaban J connectivity index is 1.96. The Morgan fingerprint density at radius 1 is 1.15 bits per heavy atom. The molecule has 0 saturated heterocycles. The molecular formula is C16H17FN2O. The molecule has 0 saturated carbocycles. The second-order valence-electron chi connectivity index (χ2n) is 4.94. The van der Waals surface area contributed by atoms with Gasteiger partial charge in [-0.25, -0.2) is 4.39 Å². The molecule has 0 fully saturated rings. The van der Waals surface area contributed by atoms with Crippen molar-refractivity contribution in [3.63, 3.8) is 0 Å².